The topological polar surface area (TPSA) is 70.0 Å². The van der Waals surface area contributed by atoms with Gasteiger partial charge in [-0.3, -0.25) is 4.90 Å². The number of carboxylic acids is 1. The van der Waals surface area contributed by atoms with Gasteiger partial charge in [-0.1, -0.05) is 0 Å². The van der Waals surface area contributed by atoms with E-state index >= 15 is 0 Å². The number of aliphatic hydroxyl groups is 1. The summed E-state index contributed by atoms with van der Waals surface area (Å²) >= 11 is 0. The van der Waals surface area contributed by atoms with Crippen molar-refractivity contribution >= 4 is 5.97 Å². The smallest absolute Gasteiger partial charge is 0.348 e. The Labute approximate surface area is 64.2 Å². The highest BCUT2D eigenvalue weighted by atomic mass is 16.5. The van der Waals surface area contributed by atoms with Crippen LogP contribution in [0.15, 0.2) is 0 Å². The van der Waals surface area contributed by atoms with Gasteiger partial charge in [-0.15, -0.1) is 0 Å². The molecule has 0 amide bonds. The first kappa shape index (κ1) is 8.45. The molecule has 0 saturated carbocycles. The summed E-state index contributed by atoms with van der Waals surface area (Å²) in [6, 6.07) is 0. The van der Waals surface area contributed by atoms with Crippen molar-refractivity contribution in [2.24, 2.45) is 0 Å². The first-order valence-electron chi connectivity index (χ1n) is 3.44. The van der Waals surface area contributed by atoms with E-state index in [0.29, 0.717) is 26.3 Å². The molecule has 0 radical (unpaired) electrons. The average Bonchev–Trinajstić information content (AvgIpc) is 2.05. The molecule has 1 saturated heterocycles. The number of aliphatic hydroxyl groups excluding tert-OH is 1. The lowest BCUT2D eigenvalue weighted by molar-refractivity contribution is -0.161. The van der Waals surface area contributed by atoms with Gasteiger partial charge >= 0.3 is 5.97 Å². The molecule has 2 N–H and O–H groups in total. The predicted octanol–water partition coefficient (Wildman–Crippen LogP) is -1.28. The Morgan fingerprint density at radius 1 is 1.45 bits per heavy atom. The molecule has 0 bridgehead atoms. The minimum absolute atomic E-state index is 0.480. The third-order valence-corrected chi connectivity index (χ3v) is 1.61. The van der Waals surface area contributed by atoms with Crippen molar-refractivity contribution in [1.29, 1.82) is 0 Å². The van der Waals surface area contributed by atoms with Crippen molar-refractivity contribution in [2.45, 2.75) is 6.23 Å². The van der Waals surface area contributed by atoms with Crippen molar-refractivity contribution in [3.63, 3.8) is 0 Å². The van der Waals surface area contributed by atoms with Gasteiger partial charge in [0.2, 0.25) is 6.23 Å². The van der Waals surface area contributed by atoms with Gasteiger partial charge in [-0.05, 0) is 0 Å². The molecule has 0 aromatic heterocycles. The van der Waals surface area contributed by atoms with Crippen LogP contribution >= 0.6 is 0 Å². The van der Waals surface area contributed by atoms with Gasteiger partial charge in [0, 0.05) is 13.1 Å². The molecule has 0 aromatic carbocycles. The molecule has 5 nitrogen and oxygen atoms in total. The normalized spacial score (nSPS) is 23.0. The fourth-order valence-electron chi connectivity index (χ4n) is 0.978. The van der Waals surface area contributed by atoms with Crippen LogP contribution in [0.25, 0.3) is 0 Å². The highest BCUT2D eigenvalue weighted by molar-refractivity contribution is 5.71. The number of hydrogen-bond donors (Lipinski definition) is 2. The Kier molecular flexibility index (Phi) is 2.81. The van der Waals surface area contributed by atoms with Crippen LogP contribution in [0, 0.1) is 0 Å². The number of rotatable bonds is 2. The lowest BCUT2D eigenvalue weighted by atomic mass is 10.4. The Bertz CT molecular complexity index is 144. The van der Waals surface area contributed by atoms with Crippen LogP contribution in [0.1, 0.15) is 0 Å². The third kappa shape index (κ3) is 2.14. The molecule has 1 fully saturated rings. The fraction of sp³-hybridized carbons (Fsp3) is 0.833. The maximum absolute atomic E-state index is 10.3. The van der Waals surface area contributed by atoms with Gasteiger partial charge in [-0.2, -0.15) is 0 Å². The summed E-state index contributed by atoms with van der Waals surface area (Å²) in [5, 5.41) is 17.4. The molecule has 0 aliphatic carbocycles. The standard InChI is InChI=1S/C6H11NO4/c8-5(6(9)10)7-1-3-11-4-2-7/h5,8H,1-4H2,(H,9,10). The van der Waals surface area contributed by atoms with Gasteiger partial charge in [0.1, 0.15) is 0 Å². The monoisotopic (exact) mass is 161 g/mol. The van der Waals surface area contributed by atoms with E-state index in [1.165, 1.54) is 4.90 Å². The van der Waals surface area contributed by atoms with Gasteiger partial charge in [0.25, 0.3) is 0 Å². The molecule has 1 unspecified atom stereocenters. The van der Waals surface area contributed by atoms with Gasteiger partial charge < -0.3 is 14.9 Å². The molecule has 1 atom stereocenters. The Morgan fingerprint density at radius 3 is 2.45 bits per heavy atom. The third-order valence-electron chi connectivity index (χ3n) is 1.61. The van der Waals surface area contributed by atoms with Crippen LogP contribution in [0.4, 0.5) is 0 Å². The zero-order valence-electron chi connectivity index (χ0n) is 6.06. The van der Waals surface area contributed by atoms with Crippen LogP contribution < -0.4 is 0 Å². The second-order valence-corrected chi connectivity index (χ2v) is 2.36. The lowest BCUT2D eigenvalue weighted by Gasteiger charge is -2.28. The van der Waals surface area contributed by atoms with E-state index in [1.807, 2.05) is 0 Å². The van der Waals surface area contributed by atoms with Crippen LogP contribution in [0.5, 0.6) is 0 Å². The van der Waals surface area contributed by atoms with Crippen molar-refractivity contribution in [3.8, 4) is 0 Å². The molecule has 1 aliphatic heterocycles. The van der Waals surface area contributed by atoms with Gasteiger partial charge in [-0.25, -0.2) is 4.79 Å². The first-order valence-corrected chi connectivity index (χ1v) is 3.44. The van der Waals surface area contributed by atoms with E-state index in [9.17, 15) is 4.79 Å². The maximum Gasteiger partial charge on any atom is 0.348 e. The number of carboxylic acid groups (broad SMARTS) is 1. The van der Waals surface area contributed by atoms with E-state index < -0.39 is 12.2 Å². The second-order valence-electron chi connectivity index (χ2n) is 2.36. The molecular formula is C6H11NO4. The summed E-state index contributed by atoms with van der Waals surface area (Å²) in [5.41, 5.74) is 0. The van der Waals surface area contributed by atoms with Crippen LogP contribution in [0.2, 0.25) is 0 Å². The quantitative estimate of drug-likeness (QED) is 0.528. The molecule has 11 heavy (non-hydrogen) atoms. The van der Waals surface area contributed by atoms with E-state index in [1.54, 1.807) is 0 Å². The van der Waals surface area contributed by atoms with Crippen LogP contribution in [0.3, 0.4) is 0 Å². The second kappa shape index (κ2) is 3.66. The minimum atomic E-state index is -1.38. The summed E-state index contributed by atoms with van der Waals surface area (Å²) in [6.45, 7) is 1.94. The molecule has 1 heterocycles. The largest absolute Gasteiger partial charge is 0.478 e. The molecule has 5 heteroatoms. The summed E-state index contributed by atoms with van der Waals surface area (Å²) < 4.78 is 4.98. The van der Waals surface area contributed by atoms with E-state index in [4.69, 9.17) is 14.9 Å². The Hall–Kier alpha value is -0.650. The zero-order chi connectivity index (χ0) is 8.27. The van der Waals surface area contributed by atoms with E-state index in [-0.39, 0.29) is 0 Å². The highest BCUT2D eigenvalue weighted by Crippen LogP contribution is 2.00. The predicted molar refractivity (Wildman–Crippen MR) is 36.0 cm³/mol. The van der Waals surface area contributed by atoms with Crippen molar-refractivity contribution in [2.75, 3.05) is 26.3 Å². The highest BCUT2D eigenvalue weighted by Gasteiger charge is 2.23. The molecular weight excluding hydrogens is 150 g/mol. The molecule has 64 valence electrons. The molecule has 1 rings (SSSR count). The maximum atomic E-state index is 10.3. The van der Waals surface area contributed by atoms with Gasteiger partial charge in [0.05, 0.1) is 13.2 Å². The first-order chi connectivity index (χ1) is 5.22. The van der Waals surface area contributed by atoms with Crippen LogP contribution in [-0.4, -0.2) is 53.6 Å². The summed E-state index contributed by atoms with van der Waals surface area (Å²) in [7, 11) is 0. The van der Waals surface area contributed by atoms with Crippen molar-refractivity contribution in [1.82, 2.24) is 4.90 Å². The van der Waals surface area contributed by atoms with Gasteiger partial charge in [0.15, 0.2) is 0 Å². The lowest BCUT2D eigenvalue weighted by Crippen LogP contribution is -2.47. The van der Waals surface area contributed by atoms with Crippen molar-refractivity contribution in [3.05, 3.63) is 0 Å². The number of hydrogen-bond acceptors (Lipinski definition) is 4. The summed E-state index contributed by atoms with van der Waals surface area (Å²) in [4.78, 5) is 11.7. The SMILES string of the molecule is O=C(O)C(O)N1CCOCC1. The summed E-state index contributed by atoms with van der Waals surface area (Å²) in [6.07, 6.45) is -1.38. The average molecular weight is 161 g/mol. The zero-order valence-corrected chi connectivity index (χ0v) is 6.06. The van der Waals surface area contributed by atoms with E-state index in [2.05, 4.69) is 0 Å². The van der Waals surface area contributed by atoms with Crippen LogP contribution in [-0.2, 0) is 9.53 Å². The molecule has 0 spiro atoms. The van der Waals surface area contributed by atoms with E-state index in [0.717, 1.165) is 0 Å². The number of morpholine rings is 1. The minimum Gasteiger partial charge on any atom is -0.478 e. The number of nitrogens with zero attached hydrogens (tertiary/aromatic N) is 1. The Morgan fingerprint density at radius 2 is 2.00 bits per heavy atom. The number of ether oxygens (including phenoxy) is 1. The fourth-order valence-corrected chi connectivity index (χ4v) is 0.978. The molecule has 0 aromatic rings. The molecule has 1 aliphatic rings. The number of carbonyl (C=O) groups is 1. The number of aliphatic carboxylic acids is 1. The Balaban J connectivity index is 2.38. The summed E-state index contributed by atoms with van der Waals surface area (Å²) in [5.74, 6) is -1.20. The van der Waals surface area contributed by atoms with Crippen molar-refractivity contribution < 1.29 is 19.7 Å².